The van der Waals surface area contributed by atoms with E-state index in [2.05, 4.69) is 20.8 Å². The van der Waals surface area contributed by atoms with Crippen molar-refractivity contribution in [1.29, 1.82) is 0 Å². The average Bonchev–Trinajstić information content (AvgIpc) is 3.10. The number of carbonyl (C=O) groups excluding carboxylic acids is 3. The zero-order chi connectivity index (χ0) is 38.5. The largest absolute Gasteiger partial charge is 1.00 e. The predicted molar refractivity (Wildman–Crippen MR) is 212 cm³/mol. The van der Waals surface area contributed by atoms with Crippen LogP contribution in [0.3, 0.4) is 0 Å². The molecule has 0 saturated heterocycles. The van der Waals surface area contributed by atoms with Crippen molar-refractivity contribution in [1.82, 2.24) is 0 Å². The Morgan fingerprint density at radius 3 is 0.704 bits per heavy atom. The van der Waals surface area contributed by atoms with Gasteiger partial charge in [0.05, 0.1) is 0 Å². The van der Waals surface area contributed by atoms with Crippen molar-refractivity contribution in [2.24, 2.45) is 5.92 Å². The molecule has 0 aliphatic rings. The Hall–Kier alpha value is 1.41. The molecule has 0 aromatic heterocycles. The Kier molecular flexibility index (Phi) is 76.0. The van der Waals surface area contributed by atoms with E-state index < -0.39 is 17.9 Å². The summed E-state index contributed by atoms with van der Waals surface area (Å²) in [6.45, 7) is 8.48. The molecule has 306 valence electrons. The molecule has 0 amide bonds. The summed E-state index contributed by atoms with van der Waals surface area (Å²) in [5.41, 5.74) is 0. The van der Waals surface area contributed by atoms with Crippen LogP contribution in [0, 0.1) is 5.92 Å². The molecule has 0 aliphatic carbocycles. The zero-order valence-electron chi connectivity index (χ0n) is 37.7. The van der Waals surface area contributed by atoms with Gasteiger partial charge in [-0.1, -0.05) is 233 Å². The van der Waals surface area contributed by atoms with Gasteiger partial charge in [0.25, 0.3) is 0 Å². The molecule has 0 aliphatic heterocycles. The van der Waals surface area contributed by atoms with Crippen molar-refractivity contribution in [2.45, 2.75) is 265 Å². The van der Waals surface area contributed by atoms with Gasteiger partial charge >= 0.3 is 88.7 Å². The first-order chi connectivity index (χ1) is 24.7. The van der Waals surface area contributed by atoms with Crippen molar-refractivity contribution >= 4 is 17.9 Å². The Balaban J connectivity index is -0.000000156. The molecule has 9 heteroatoms. The summed E-state index contributed by atoms with van der Waals surface area (Å²) in [7, 11) is 0. The number of hydrogen-bond acceptors (Lipinski definition) is 6. The van der Waals surface area contributed by atoms with E-state index in [4.69, 9.17) is 0 Å². The number of carbonyl (C=O) groups is 3. The van der Waals surface area contributed by atoms with E-state index in [9.17, 15) is 29.7 Å². The van der Waals surface area contributed by atoms with E-state index in [1.807, 2.05) is 0 Å². The molecule has 0 heterocycles. The second kappa shape index (κ2) is 61.1. The molecule has 0 spiro atoms. The molecule has 1 unspecified atom stereocenters. The summed E-state index contributed by atoms with van der Waals surface area (Å²) >= 11 is 0. The maximum atomic E-state index is 10.5. The molecule has 0 bridgehead atoms. The molecule has 0 aromatic rings. The van der Waals surface area contributed by atoms with Crippen LogP contribution in [0.5, 0.6) is 0 Å². The Morgan fingerprint density at radius 1 is 0.333 bits per heavy atom. The van der Waals surface area contributed by atoms with Crippen LogP contribution in [0.1, 0.15) is 265 Å². The monoisotopic (exact) mass is 793 g/mol. The third kappa shape index (κ3) is 71.1. The third-order valence-corrected chi connectivity index (χ3v) is 9.86. The predicted octanol–water partition coefficient (Wildman–Crippen LogP) is 2.35. The van der Waals surface area contributed by atoms with E-state index >= 15 is 0 Å². The molecular formula is C45H87Na3O6. The summed E-state index contributed by atoms with van der Waals surface area (Å²) in [6, 6.07) is 0. The second-order valence-electron chi connectivity index (χ2n) is 15.2. The second-order valence-corrected chi connectivity index (χ2v) is 15.2. The Morgan fingerprint density at radius 2 is 0.519 bits per heavy atom. The molecule has 0 N–H and O–H groups in total. The van der Waals surface area contributed by atoms with E-state index in [1.54, 1.807) is 6.92 Å². The van der Waals surface area contributed by atoms with Gasteiger partial charge in [0, 0.05) is 17.9 Å². The molecule has 54 heavy (non-hydrogen) atoms. The fraction of sp³-hybridized carbons (Fsp3) is 0.933. The topological polar surface area (TPSA) is 120 Å². The Labute approximate surface area is 403 Å². The van der Waals surface area contributed by atoms with Crippen LogP contribution in [-0.4, -0.2) is 17.9 Å². The first-order valence-corrected chi connectivity index (χ1v) is 22.3. The van der Waals surface area contributed by atoms with Gasteiger partial charge in [-0.3, -0.25) is 0 Å². The van der Waals surface area contributed by atoms with Crippen LogP contribution in [0.25, 0.3) is 0 Å². The number of carboxylic acids is 3. The number of carboxylic acid groups (broad SMARTS) is 3. The number of rotatable bonds is 38. The van der Waals surface area contributed by atoms with Gasteiger partial charge in [-0.2, -0.15) is 0 Å². The molecule has 0 saturated carbocycles. The summed E-state index contributed by atoms with van der Waals surface area (Å²) in [5.74, 6) is -2.99. The molecular weight excluding hydrogens is 705 g/mol. The van der Waals surface area contributed by atoms with Gasteiger partial charge in [0.15, 0.2) is 0 Å². The van der Waals surface area contributed by atoms with Crippen LogP contribution in [0.2, 0.25) is 0 Å². The third-order valence-electron chi connectivity index (χ3n) is 9.86. The SMILES string of the molecule is CCCCCCCCCCCCC(C)C(=O)[O-].CCCCCCCCCCCCCC(=O)[O-].CCCCCCCCCCCCCCCC(=O)[O-].[Na+].[Na+].[Na+]. The normalized spacial score (nSPS) is 10.7. The fourth-order valence-corrected chi connectivity index (χ4v) is 6.28. The standard InChI is InChI=1S/C16H32O2.C15H30O2.C14H28O2.3Na/c1-2-3-4-5-6-7-8-9-10-11-12-13-14-15-16(17)18;1-3-4-5-6-7-8-9-10-11-12-13-14(2)15(16)17;1-2-3-4-5-6-7-8-9-10-11-12-13-14(15)16;;;/h2-15H2,1H3,(H,17,18);14H,3-13H2,1-2H3,(H,16,17);2-13H2,1H3,(H,15,16);;;/q;;;3*+1/p-3. The van der Waals surface area contributed by atoms with Crippen LogP contribution in [0.4, 0.5) is 0 Å². The van der Waals surface area contributed by atoms with Crippen molar-refractivity contribution in [3.05, 3.63) is 0 Å². The molecule has 6 nitrogen and oxygen atoms in total. The van der Waals surface area contributed by atoms with Gasteiger partial charge in [0.1, 0.15) is 0 Å². The van der Waals surface area contributed by atoms with E-state index in [-0.39, 0.29) is 107 Å². The minimum atomic E-state index is -0.907. The molecule has 0 rings (SSSR count). The van der Waals surface area contributed by atoms with Crippen LogP contribution < -0.4 is 104 Å². The quantitative estimate of drug-likeness (QED) is 0.0700. The van der Waals surface area contributed by atoms with Gasteiger partial charge in [-0.05, 0) is 38.0 Å². The average molecular weight is 793 g/mol. The Bertz CT molecular complexity index is 711. The van der Waals surface area contributed by atoms with Crippen molar-refractivity contribution < 1.29 is 118 Å². The summed E-state index contributed by atoms with van der Waals surface area (Å²) in [5, 5.41) is 30.8. The summed E-state index contributed by atoms with van der Waals surface area (Å²) in [6.07, 6.45) is 44.7. The van der Waals surface area contributed by atoms with Crippen molar-refractivity contribution in [2.75, 3.05) is 0 Å². The number of hydrogen-bond donors (Lipinski definition) is 0. The molecule has 0 fully saturated rings. The maximum absolute atomic E-state index is 10.5. The fourth-order valence-electron chi connectivity index (χ4n) is 6.28. The van der Waals surface area contributed by atoms with Gasteiger partial charge in [-0.25, -0.2) is 0 Å². The van der Waals surface area contributed by atoms with Gasteiger partial charge in [0.2, 0.25) is 0 Å². The maximum Gasteiger partial charge on any atom is 1.00 e. The first-order valence-electron chi connectivity index (χ1n) is 22.3. The summed E-state index contributed by atoms with van der Waals surface area (Å²) in [4.78, 5) is 30.8. The number of aliphatic carboxylic acids is 3. The number of unbranched alkanes of at least 4 members (excludes halogenated alkanes) is 31. The minimum absolute atomic E-state index is 0. The smallest absolute Gasteiger partial charge is 0.550 e. The van der Waals surface area contributed by atoms with Crippen molar-refractivity contribution in [3.8, 4) is 0 Å². The summed E-state index contributed by atoms with van der Waals surface area (Å²) < 4.78 is 0. The van der Waals surface area contributed by atoms with Gasteiger partial charge in [-0.15, -0.1) is 0 Å². The van der Waals surface area contributed by atoms with Crippen LogP contribution >= 0.6 is 0 Å². The minimum Gasteiger partial charge on any atom is -0.550 e. The molecule has 1 atom stereocenters. The van der Waals surface area contributed by atoms with Gasteiger partial charge < -0.3 is 29.7 Å². The zero-order valence-corrected chi connectivity index (χ0v) is 43.7. The molecule has 0 aromatic carbocycles. The van der Waals surface area contributed by atoms with Crippen LogP contribution in [0.15, 0.2) is 0 Å². The van der Waals surface area contributed by atoms with E-state index in [1.165, 1.54) is 186 Å². The van der Waals surface area contributed by atoms with E-state index in [0.29, 0.717) is 0 Å². The van der Waals surface area contributed by atoms with Crippen LogP contribution in [-0.2, 0) is 14.4 Å². The van der Waals surface area contributed by atoms with E-state index in [0.717, 1.165) is 38.5 Å². The van der Waals surface area contributed by atoms with Crippen molar-refractivity contribution in [3.63, 3.8) is 0 Å². The molecule has 0 radical (unpaired) electrons. The first kappa shape index (κ1) is 67.2.